The predicted molar refractivity (Wildman–Crippen MR) is 79.3 cm³/mol. The van der Waals surface area contributed by atoms with Gasteiger partial charge in [0.1, 0.15) is 11.9 Å². The van der Waals surface area contributed by atoms with Crippen LogP contribution in [0.4, 0.5) is 30.7 Å². The van der Waals surface area contributed by atoms with E-state index in [0.717, 1.165) is 6.07 Å². The number of carboxylic acids is 1. The number of carboxylic acid groups (broad SMARTS) is 1. The first-order valence-corrected chi connectivity index (χ1v) is 8.00. The highest BCUT2D eigenvalue weighted by Gasteiger charge is 2.51. The van der Waals surface area contributed by atoms with Crippen molar-refractivity contribution in [2.45, 2.75) is 37.8 Å². The normalized spacial score (nSPS) is 19.8. The third-order valence-corrected chi connectivity index (χ3v) is 4.51. The smallest absolute Gasteiger partial charge is 0.436 e. The Kier molecular flexibility index (Phi) is 4.91. The fourth-order valence-electron chi connectivity index (χ4n) is 3.23. The van der Waals surface area contributed by atoms with Gasteiger partial charge in [-0.1, -0.05) is 0 Å². The molecule has 158 valence electrons. The monoisotopic (exact) mass is 428 g/mol. The molecule has 2 atom stereocenters. The molecule has 0 unspecified atom stereocenters. The maximum atomic E-state index is 14.1. The van der Waals surface area contributed by atoms with E-state index in [1.54, 1.807) is 0 Å². The van der Waals surface area contributed by atoms with Crippen molar-refractivity contribution in [1.82, 2.24) is 19.3 Å². The highest BCUT2D eigenvalue weighted by Crippen LogP contribution is 2.40. The van der Waals surface area contributed by atoms with Gasteiger partial charge in [-0.3, -0.25) is 4.57 Å². The summed E-state index contributed by atoms with van der Waals surface area (Å²) in [5, 5.41) is 12.9. The Balaban J connectivity index is 2.05. The Morgan fingerprint density at radius 2 is 1.90 bits per heavy atom. The van der Waals surface area contributed by atoms with E-state index in [0.29, 0.717) is 15.4 Å². The Hall–Kier alpha value is -2.93. The number of carbonyl (C=O) groups is 1. The molecule has 0 radical (unpaired) electrons. The minimum absolute atomic E-state index is 0.284. The van der Waals surface area contributed by atoms with Crippen LogP contribution < -0.4 is 5.69 Å². The summed E-state index contributed by atoms with van der Waals surface area (Å²) in [4.78, 5) is 26.8. The van der Waals surface area contributed by atoms with Crippen molar-refractivity contribution in [1.29, 1.82) is 0 Å². The van der Waals surface area contributed by atoms with Gasteiger partial charge in [-0.15, -0.1) is 0 Å². The molecule has 0 aromatic carbocycles. The molecule has 0 spiro atoms. The summed E-state index contributed by atoms with van der Waals surface area (Å²) in [6.45, 7) is -0.848. The molecular weight excluding hydrogens is 417 g/mol. The number of hydrogen-bond donors (Lipinski definition) is 1. The van der Waals surface area contributed by atoms with Gasteiger partial charge in [0.25, 0.3) is 0 Å². The molecule has 29 heavy (non-hydrogen) atoms. The maximum Gasteiger partial charge on any atom is 0.436 e. The topological polar surface area (TPSA) is 90.0 Å². The number of aryl methyl sites for hydroxylation is 1. The van der Waals surface area contributed by atoms with Gasteiger partial charge in [0.2, 0.25) is 0 Å². The van der Waals surface area contributed by atoms with E-state index >= 15 is 0 Å². The van der Waals surface area contributed by atoms with Gasteiger partial charge in [0.15, 0.2) is 11.5 Å². The van der Waals surface area contributed by atoms with Crippen LogP contribution in [0.15, 0.2) is 17.1 Å². The van der Waals surface area contributed by atoms with E-state index in [2.05, 4.69) is 10.1 Å². The molecule has 7 nitrogen and oxygen atoms in total. The molecule has 0 fully saturated rings. The molecule has 0 bridgehead atoms. The Morgan fingerprint density at radius 1 is 1.24 bits per heavy atom. The maximum absolute atomic E-state index is 14.1. The Morgan fingerprint density at radius 3 is 2.45 bits per heavy atom. The van der Waals surface area contributed by atoms with Gasteiger partial charge >= 0.3 is 24.0 Å². The molecule has 0 saturated heterocycles. The van der Waals surface area contributed by atoms with Gasteiger partial charge < -0.3 is 5.11 Å². The van der Waals surface area contributed by atoms with Crippen molar-refractivity contribution >= 4 is 5.97 Å². The fourth-order valence-corrected chi connectivity index (χ4v) is 3.23. The lowest BCUT2D eigenvalue weighted by Crippen LogP contribution is -2.44. The summed E-state index contributed by atoms with van der Waals surface area (Å²) < 4.78 is 92.7. The first kappa shape index (κ1) is 20.8. The summed E-state index contributed by atoms with van der Waals surface area (Å²) in [6.07, 6.45) is -10.4. The van der Waals surface area contributed by atoms with Crippen molar-refractivity contribution in [3.05, 3.63) is 45.6 Å². The molecule has 14 heteroatoms. The number of nitrogens with zero attached hydrogens (tertiary/aromatic N) is 4. The van der Waals surface area contributed by atoms with E-state index in [1.807, 2.05) is 0 Å². The lowest BCUT2D eigenvalue weighted by molar-refractivity contribution is -0.198. The average molecular weight is 428 g/mol. The zero-order chi connectivity index (χ0) is 21.7. The standard InChI is InChI=1S/C15H11F7N4O3/c16-9-6(3-4-23-11(9)15(20,21)22)5-25-13(29)26-8(24-25)2-1-7(14(17,18)19)10(26)12(27)28/h3-4,7,10H,1-2,5H2,(H,27,28)/t7-,10-/m1/s1. The summed E-state index contributed by atoms with van der Waals surface area (Å²) in [7, 11) is 0. The van der Waals surface area contributed by atoms with Crippen LogP contribution in [-0.4, -0.2) is 36.6 Å². The third-order valence-electron chi connectivity index (χ3n) is 4.51. The van der Waals surface area contributed by atoms with Gasteiger partial charge in [0.05, 0.1) is 12.5 Å². The predicted octanol–water partition coefficient (Wildman–Crippen LogP) is 2.40. The number of aliphatic carboxylic acids is 1. The minimum Gasteiger partial charge on any atom is -0.480 e. The number of halogens is 7. The van der Waals surface area contributed by atoms with E-state index in [9.17, 15) is 45.4 Å². The summed E-state index contributed by atoms with van der Waals surface area (Å²) >= 11 is 0. The van der Waals surface area contributed by atoms with Gasteiger partial charge in [-0.25, -0.2) is 23.6 Å². The molecule has 3 heterocycles. The van der Waals surface area contributed by atoms with Crippen LogP contribution in [-0.2, 0) is 23.9 Å². The van der Waals surface area contributed by atoms with Crippen LogP contribution >= 0.6 is 0 Å². The molecule has 1 aliphatic heterocycles. The van der Waals surface area contributed by atoms with E-state index in [1.165, 1.54) is 0 Å². The quantitative estimate of drug-likeness (QED) is 0.759. The molecular formula is C15H11F7N4O3. The van der Waals surface area contributed by atoms with Crippen molar-refractivity contribution in [3.63, 3.8) is 0 Å². The number of hydrogen-bond acceptors (Lipinski definition) is 4. The minimum atomic E-state index is -5.10. The molecule has 2 aromatic heterocycles. The molecule has 1 aliphatic rings. The van der Waals surface area contributed by atoms with Crippen LogP contribution in [0.25, 0.3) is 0 Å². The highest BCUT2D eigenvalue weighted by atomic mass is 19.4. The van der Waals surface area contributed by atoms with Crippen LogP contribution in [0.2, 0.25) is 0 Å². The lowest BCUT2D eigenvalue weighted by atomic mass is 9.90. The number of aromatic nitrogens is 4. The van der Waals surface area contributed by atoms with E-state index < -0.39 is 66.0 Å². The lowest BCUT2D eigenvalue weighted by Gasteiger charge is -2.30. The summed E-state index contributed by atoms with van der Waals surface area (Å²) in [5.74, 6) is -6.31. The molecule has 3 rings (SSSR count). The Bertz CT molecular complexity index is 1010. The number of fused-ring (bicyclic) bond motifs is 1. The second-order valence-electron chi connectivity index (χ2n) is 6.33. The van der Waals surface area contributed by atoms with Crippen molar-refractivity contribution in [3.8, 4) is 0 Å². The van der Waals surface area contributed by atoms with Crippen LogP contribution in [0.5, 0.6) is 0 Å². The van der Waals surface area contributed by atoms with Crippen molar-refractivity contribution < 1.29 is 40.6 Å². The van der Waals surface area contributed by atoms with E-state index in [-0.39, 0.29) is 12.2 Å². The number of alkyl halides is 6. The molecule has 2 aromatic rings. The molecule has 0 amide bonds. The second-order valence-corrected chi connectivity index (χ2v) is 6.33. The SMILES string of the molecule is O=C(O)[C@H]1[C@H](C(F)(F)F)CCc2nn(Cc3ccnc(C(F)(F)F)c3F)c(=O)n21. The summed E-state index contributed by atoms with van der Waals surface area (Å²) in [5.41, 5.74) is -3.76. The largest absolute Gasteiger partial charge is 0.480 e. The van der Waals surface area contributed by atoms with Crippen molar-refractivity contribution in [2.75, 3.05) is 0 Å². The first-order valence-electron chi connectivity index (χ1n) is 8.00. The third kappa shape index (κ3) is 3.70. The fraction of sp³-hybridized carbons (Fsp3) is 0.467. The average Bonchev–Trinajstić information content (AvgIpc) is 2.90. The Labute approximate surface area is 156 Å². The zero-order valence-corrected chi connectivity index (χ0v) is 14.1. The molecule has 0 saturated carbocycles. The summed E-state index contributed by atoms with van der Waals surface area (Å²) in [6, 6.07) is -1.43. The second kappa shape index (κ2) is 6.84. The van der Waals surface area contributed by atoms with Crippen LogP contribution in [0, 0.1) is 11.7 Å². The highest BCUT2D eigenvalue weighted by molar-refractivity contribution is 5.72. The van der Waals surface area contributed by atoms with Gasteiger partial charge in [-0.05, 0) is 12.5 Å². The zero-order valence-electron chi connectivity index (χ0n) is 14.1. The van der Waals surface area contributed by atoms with Crippen LogP contribution in [0.3, 0.4) is 0 Å². The van der Waals surface area contributed by atoms with Crippen LogP contribution in [0.1, 0.15) is 29.5 Å². The molecule has 1 N–H and O–H groups in total. The van der Waals surface area contributed by atoms with Gasteiger partial charge in [0, 0.05) is 18.2 Å². The van der Waals surface area contributed by atoms with Gasteiger partial charge in [-0.2, -0.15) is 31.4 Å². The number of pyridine rings is 1. The number of rotatable bonds is 3. The van der Waals surface area contributed by atoms with E-state index in [4.69, 9.17) is 0 Å². The van der Waals surface area contributed by atoms with Crippen molar-refractivity contribution in [2.24, 2.45) is 5.92 Å². The first-order chi connectivity index (χ1) is 13.3. The molecule has 0 aliphatic carbocycles.